The summed E-state index contributed by atoms with van der Waals surface area (Å²) in [5.74, 6) is 0.979. The molecule has 2 rings (SSSR count). The Kier molecular flexibility index (Phi) is 10.6. The Morgan fingerprint density at radius 1 is 1.38 bits per heavy atom. The van der Waals surface area contributed by atoms with E-state index in [1.54, 1.807) is 0 Å². The zero-order chi connectivity index (χ0) is 16.5. The molecule has 0 aliphatic heterocycles. The molecule has 0 radical (unpaired) electrons. The van der Waals surface area contributed by atoms with Crippen LogP contribution >= 0.6 is 35.3 Å². The second kappa shape index (κ2) is 11.8. The fraction of sp³-hybridized carbons (Fsp3) is 0.667. The molecule has 1 aromatic heterocycles. The summed E-state index contributed by atoms with van der Waals surface area (Å²) in [5.41, 5.74) is 1.38. The number of nitrogens with one attached hydrogen (secondary N) is 1. The summed E-state index contributed by atoms with van der Waals surface area (Å²) in [6.45, 7) is 5.72. The van der Waals surface area contributed by atoms with Crippen molar-refractivity contribution in [1.29, 1.82) is 0 Å². The number of aromatic nitrogens is 1. The molecule has 0 aromatic carbocycles. The normalized spacial score (nSPS) is 13.8. The van der Waals surface area contributed by atoms with Crippen LogP contribution in [0.5, 0.6) is 0 Å². The number of allylic oxidation sites excluding steroid dienone is 1. The molecule has 4 nitrogen and oxygen atoms in total. The highest BCUT2D eigenvalue weighted by atomic mass is 127. The minimum absolute atomic E-state index is 0. The van der Waals surface area contributed by atoms with Gasteiger partial charge in [-0.2, -0.15) is 0 Å². The summed E-state index contributed by atoms with van der Waals surface area (Å²) in [6.07, 6.45) is 11.4. The highest BCUT2D eigenvalue weighted by Gasteiger charge is 2.14. The van der Waals surface area contributed by atoms with E-state index in [0.717, 1.165) is 44.7 Å². The third-order valence-electron chi connectivity index (χ3n) is 4.22. The predicted molar refractivity (Wildman–Crippen MR) is 116 cm³/mol. The lowest BCUT2D eigenvalue weighted by Gasteiger charge is -2.21. The Hall–Kier alpha value is -0.630. The molecule has 0 amide bonds. The highest BCUT2D eigenvalue weighted by molar-refractivity contribution is 14.0. The van der Waals surface area contributed by atoms with Gasteiger partial charge in [-0.25, -0.2) is 4.98 Å². The predicted octanol–water partition coefficient (Wildman–Crippen LogP) is 4.05. The van der Waals surface area contributed by atoms with E-state index in [1.165, 1.54) is 41.3 Å². The van der Waals surface area contributed by atoms with Crippen LogP contribution in [0.4, 0.5) is 0 Å². The van der Waals surface area contributed by atoms with Crippen molar-refractivity contribution in [2.45, 2.75) is 51.4 Å². The van der Waals surface area contributed by atoms with Gasteiger partial charge in [0.25, 0.3) is 0 Å². The molecule has 0 fully saturated rings. The van der Waals surface area contributed by atoms with Gasteiger partial charge < -0.3 is 10.2 Å². The largest absolute Gasteiger partial charge is 0.356 e. The molecule has 136 valence electrons. The van der Waals surface area contributed by atoms with Gasteiger partial charge in [0.05, 0.1) is 10.7 Å². The molecule has 6 heteroatoms. The Bertz CT molecular complexity index is 504. The van der Waals surface area contributed by atoms with Gasteiger partial charge in [-0.3, -0.25) is 4.99 Å². The van der Waals surface area contributed by atoms with E-state index in [1.807, 2.05) is 24.5 Å². The van der Waals surface area contributed by atoms with Gasteiger partial charge in [0.2, 0.25) is 0 Å². The molecule has 1 heterocycles. The summed E-state index contributed by atoms with van der Waals surface area (Å²) in [6, 6.07) is 0. The maximum Gasteiger partial charge on any atom is 0.193 e. The van der Waals surface area contributed by atoms with Crippen LogP contribution in [0, 0.1) is 0 Å². The standard InChI is InChI=1S/C18H30N4S.HI/c1-4-5-8-14-22(3)18(19-2)20-13-9-12-17-21-15-10-6-7-11-16(15)23-17;/h4H,1,5-14H2,2-3H3,(H,19,20);1H. The third-order valence-corrected chi connectivity index (χ3v) is 5.43. The lowest BCUT2D eigenvalue weighted by atomic mass is 10.0. The van der Waals surface area contributed by atoms with E-state index in [4.69, 9.17) is 4.98 Å². The van der Waals surface area contributed by atoms with Crippen LogP contribution in [-0.2, 0) is 19.3 Å². The molecule has 0 bridgehead atoms. The maximum absolute atomic E-state index is 4.81. The summed E-state index contributed by atoms with van der Waals surface area (Å²) in [4.78, 5) is 12.9. The van der Waals surface area contributed by atoms with Gasteiger partial charge in [-0.05, 0) is 44.9 Å². The van der Waals surface area contributed by atoms with Gasteiger partial charge in [0.1, 0.15) is 0 Å². The highest BCUT2D eigenvalue weighted by Crippen LogP contribution is 2.27. The number of halogens is 1. The number of guanidine groups is 1. The second-order valence-electron chi connectivity index (χ2n) is 6.11. The Morgan fingerprint density at radius 2 is 2.17 bits per heavy atom. The van der Waals surface area contributed by atoms with Crippen molar-refractivity contribution in [3.63, 3.8) is 0 Å². The zero-order valence-corrected chi connectivity index (χ0v) is 18.2. The molecule has 0 spiro atoms. The van der Waals surface area contributed by atoms with Crippen molar-refractivity contribution in [2.24, 2.45) is 4.99 Å². The van der Waals surface area contributed by atoms with Crippen LogP contribution in [0.3, 0.4) is 0 Å². The van der Waals surface area contributed by atoms with E-state index in [-0.39, 0.29) is 24.0 Å². The Labute approximate surface area is 167 Å². The molecule has 24 heavy (non-hydrogen) atoms. The number of hydrogen-bond acceptors (Lipinski definition) is 3. The number of unbranched alkanes of at least 4 members (excludes halogenated alkanes) is 1. The minimum Gasteiger partial charge on any atom is -0.356 e. The van der Waals surface area contributed by atoms with Crippen molar-refractivity contribution in [3.05, 3.63) is 28.2 Å². The maximum atomic E-state index is 4.81. The number of hydrogen-bond donors (Lipinski definition) is 1. The smallest absolute Gasteiger partial charge is 0.193 e. The Balaban J connectivity index is 0.00000288. The fourth-order valence-corrected chi connectivity index (χ4v) is 4.11. The van der Waals surface area contributed by atoms with Crippen LogP contribution < -0.4 is 5.32 Å². The molecule has 1 N–H and O–H groups in total. The molecular formula is C18H31IN4S. The third kappa shape index (κ3) is 6.70. The summed E-state index contributed by atoms with van der Waals surface area (Å²) < 4.78 is 0. The van der Waals surface area contributed by atoms with Crippen LogP contribution in [0.2, 0.25) is 0 Å². The molecular weight excluding hydrogens is 431 g/mol. The summed E-state index contributed by atoms with van der Waals surface area (Å²) >= 11 is 1.93. The summed E-state index contributed by atoms with van der Waals surface area (Å²) in [7, 11) is 3.94. The van der Waals surface area contributed by atoms with Crippen molar-refractivity contribution in [3.8, 4) is 0 Å². The van der Waals surface area contributed by atoms with Crippen molar-refractivity contribution in [1.82, 2.24) is 15.2 Å². The average Bonchev–Trinajstić information content (AvgIpc) is 2.97. The van der Waals surface area contributed by atoms with E-state index >= 15 is 0 Å². The van der Waals surface area contributed by atoms with Crippen LogP contribution in [-0.4, -0.2) is 43.0 Å². The van der Waals surface area contributed by atoms with Crippen LogP contribution in [0.15, 0.2) is 17.6 Å². The Morgan fingerprint density at radius 3 is 2.88 bits per heavy atom. The quantitative estimate of drug-likeness (QED) is 0.208. The second-order valence-corrected chi connectivity index (χ2v) is 7.28. The molecule has 1 aromatic rings. The van der Waals surface area contributed by atoms with E-state index < -0.39 is 0 Å². The lowest BCUT2D eigenvalue weighted by molar-refractivity contribution is 0.469. The molecule has 0 unspecified atom stereocenters. The van der Waals surface area contributed by atoms with Gasteiger partial charge in [-0.15, -0.1) is 41.9 Å². The van der Waals surface area contributed by atoms with E-state index in [0.29, 0.717) is 0 Å². The first kappa shape index (κ1) is 21.4. The monoisotopic (exact) mass is 462 g/mol. The molecule has 0 saturated heterocycles. The molecule has 1 aliphatic carbocycles. The number of aryl methyl sites for hydroxylation is 3. The molecule has 0 atom stereocenters. The fourth-order valence-electron chi connectivity index (χ4n) is 2.92. The first-order valence-corrected chi connectivity index (χ1v) is 9.56. The lowest BCUT2D eigenvalue weighted by Crippen LogP contribution is -2.39. The topological polar surface area (TPSA) is 40.5 Å². The SMILES string of the molecule is C=CCCCN(C)C(=NC)NCCCc1nc2c(s1)CCCC2.I. The van der Waals surface area contributed by atoms with Gasteiger partial charge in [0, 0.05) is 38.5 Å². The van der Waals surface area contributed by atoms with Gasteiger partial charge in [-0.1, -0.05) is 6.08 Å². The van der Waals surface area contributed by atoms with Crippen LogP contribution in [0.1, 0.15) is 47.7 Å². The number of fused-ring (bicyclic) bond motifs is 1. The summed E-state index contributed by atoms with van der Waals surface area (Å²) in [5, 5.41) is 4.77. The van der Waals surface area contributed by atoms with Crippen molar-refractivity contribution < 1.29 is 0 Å². The van der Waals surface area contributed by atoms with Gasteiger partial charge in [0.15, 0.2) is 5.96 Å². The number of aliphatic imine (C=N–C) groups is 1. The first-order valence-electron chi connectivity index (χ1n) is 8.74. The number of nitrogens with zero attached hydrogens (tertiary/aromatic N) is 3. The molecule has 1 aliphatic rings. The molecule has 0 saturated carbocycles. The van der Waals surface area contributed by atoms with Crippen molar-refractivity contribution in [2.75, 3.05) is 27.2 Å². The van der Waals surface area contributed by atoms with E-state index in [9.17, 15) is 0 Å². The van der Waals surface area contributed by atoms with Crippen LogP contribution in [0.25, 0.3) is 0 Å². The first-order chi connectivity index (χ1) is 11.2. The average molecular weight is 462 g/mol. The minimum atomic E-state index is 0. The zero-order valence-electron chi connectivity index (χ0n) is 15.0. The number of rotatable bonds is 8. The van der Waals surface area contributed by atoms with E-state index in [2.05, 4.69) is 28.8 Å². The number of thiazole rings is 1. The van der Waals surface area contributed by atoms with Crippen molar-refractivity contribution >= 4 is 41.3 Å². The van der Waals surface area contributed by atoms with Gasteiger partial charge >= 0.3 is 0 Å².